The third-order valence-electron chi connectivity index (χ3n) is 3.66. The van der Waals surface area contributed by atoms with E-state index in [-0.39, 0.29) is 10.6 Å². The normalized spacial score (nSPS) is 12.7. The molecule has 0 amide bonds. The summed E-state index contributed by atoms with van der Waals surface area (Å²) >= 11 is 5.90. The fraction of sp³-hybridized carbons (Fsp3) is 0.294. The van der Waals surface area contributed by atoms with Crippen LogP contribution in [0, 0.1) is 5.82 Å². The molecule has 0 radical (unpaired) electrons. The number of benzene rings is 2. The van der Waals surface area contributed by atoms with Crippen LogP contribution in [-0.2, 0) is 15.8 Å². The topological polar surface area (TPSA) is 64.6 Å². The maximum absolute atomic E-state index is 13.8. The van der Waals surface area contributed by atoms with Crippen LogP contribution in [0.1, 0.15) is 24.1 Å². The summed E-state index contributed by atoms with van der Waals surface area (Å²) in [7, 11) is -0.796. The van der Waals surface area contributed by atoms with Gasteiger partial charge in [-0.2, -0.15) is 0 Å². The number of ether oxygens (including phenoxy) is 2. The van der Waals surface area contributed by atoms with Gasteiger partial charge in [-0.05, 0) is 36.8 Å². The van der Waals surface area contributed by atoms with Gasteiger partial charge < -0.3 is 9.47 Å². The van der Waals surface area contributed by atoms with Gasteiger partial charge in [0.2, 0.25) is 10.0 Å². The highest BCUT2D eigenvalue weighted by Crippen LogP contribution is 2.30. The Morgan fingerprint density at radius 3 is 2.44 bits per heavy atom. The highest BCUT2D eigenvalue weighted by atomic mass is 35.5. The van der Waals surface area contributed by atoms with E-state index in [1.165, 1.54) is 32.4 Å². The number of hydrogen-bond acceptors (Lipinski definition) is 4. The molecule has 25 heavy (non-hydrogen) atoms. The SMILES string of the molecule is COc1ccc(C(C)NS(=O)(=O)Cc2c(F)cccc2Cl)cc1OC. The van der Waals surface area contributed by atoms with E-state index in [4.69, 9.17) is 21.1 Å². The van der Waals surface area contributed by atoms with Crippen molar-refractivity contribution in [1.82, 2.24) is 4.72 Å². The molecule has 0 spiro atoms. The second-order valence-electron chi connectivity index (χ2n) is 5.41. The van der Waals surface area contributed by atoms with Gasteiger partial charge in [-0.3, -0.25) is 0 Å². The van der Waals surface area contributed by atoms with E-state index in [9.17, 15) is 12.8 Å². The lowest BCUT2D eigenvalue weighted by atomic mass is 10.1. The molecule has 0 heterocycles. The van der Waals surface area contributed by atoms with Crippen molar-refractivity contribution in [3.63, 3.8) is 0 Å². The first-order chi connectivity index (χ1) is 11.8. The lowest BCUT2D eigenvalue weighted by Crippen LogP contribution is -2.28. The zero-order valence-electron chi connectivity index (χ0n) is 14.0. The fourth-order valence-electron chi connectivity index (χ4n) is 2.36. The van der Waals surface area contributed by atoms with E-state index in [0.717, 1.165) is 0 Å². The minimum Gasteiger partial charge on any atom is -0.493 e. The zero-order valence-corrected chi connectivity index (χ0v) is 15.6. The standard InChI is InChI=1S/C17H19ClFNO4S/c1-11(12-7-8-16(23-2)17(9-12)24-3)20-25(21,22)10-13-14(18)5-4-6-15(13)19/h4-9,11,20H,10H2,1-3H3. The van der Waals surface area contributed by atoms with Crippen LogP contribution in [0.5, 0.6) is 11.5 Å². The molecular weight excluding hydrogens is 369 g/mol. The third-order valence-corrected chi connectivity index (χ3v) is 5.40. The highest BCUT2D eigenvalue weighted by molar-refractivity contribution is 7.88. The van der Waals surface area contributed by atoms with Crippen LogP contribution in [0.2, 0.25) is 5.02 Å². The van der Waals surface area contributed by atoms with E-state index in [1.807, 2.05) is 0 Å². The van der Waals surface area contributed by atoms with Gasteiger partial charge in [0.1, 0.15) is 5.82 Å². The molecule has 0 saturated carbocycles. The van der Waals surface area contributed by atoms with Crippen LogP contribution in [0.25, 0.3) is 0 Å². The van der Waals surface area contributed by atoms with Gasteiger partial charge in [-0.1, -0.05) is 23.7 Å². The van der Waals surface area contributed by atoms with Gasteiger partial charge in [0.25, 0.3) is 0 Å². The predicted octanol–water partition coefficient (Wildman–Crippen LogP) is 3.68. The molecule has 0 aliphatic heterocycles. The van der Waals surface area contributed by atoms with Gasteiger partial charge in [0.15, 0.2) is 11.5 Å². The number of hydrogen-bond donors (Lipinski definition) is 1. The maximum Gasteiger partial charge on any atom is 0.216 e. The summed E-state index contributed by atoms with van der Waals surface area (Å²) in [5, 5.41) is 0.0733. The lowest BCUT2D eigenvalue weighted by Gasteiger charge is -2.17. The van der Waals surface area contributed by atoms with E-state index < -0.39 is 27.6 Å². The largest absolute Gasteiger partial charge is 0.493 e. The van der Waals surface area contributed by atoms with Crippen molar-refractivity contribution in [2.24, 2.45) is 0 Å². The van der Waals surface area contributed by atoms with Crippen molar-refractivity contribution < 1.29 is 22.3 Å². The molecule has 0 bridgehead atoms. The molecule has 2 aromatic rings. The van der Waals surface area contributed by atoms with Crippen molar-refractivity contribution in [3.05, 3.63) is 58.4 Å². The molecule has 0 fully saturated rings. The quantitative estimate of drug-likeness (QED) is 0.787. The monoisotopic (exact) mass is 387 g/mol. The minimum atomic E-state index is -3.81. The Hall–Kier alpha value is -1.83. The van der Waals surface area contributed by atoms with Gasteiger partial charge in [0, 0.05) is 16.6 Å². The minimum absolute atomic E-state index is 0.0591. The Kier molecular flexibility index (Phi) is 6.26. The summed E-state index contributed by atoms with van der Waals surface area (Å²) < 4.78 is 51.4. The van der Waals surface area contributed by atoms with E-state index in [2.05, 4.69) is 4.72 Å². The molecule has 2 aromatic carbocycles. The number of sulfonamides is 1. The molecule has 1 N–H and O–H groups in total. The summed E-state index contributed by atoms with van der Waals surface area (Å²) in [5.41, 5.74) is 0.622. The smallest absolute Gasteiger partial charge is 0.216 e. The van der Waals surface area contributed by atoms with E-state index in [0.29, 0.717) is 17.1 Å². The number of nitrogens with one attached hydrogen (secondary N) is 1. The lowest BCUT2D eigenvalue weighted by molar-refractivity contribution is 0.354. The Balaban J connectivity index is 2.20. The molecule has 5 nitrogen and oxygen atoms in total. The Bertz CT molecular complexity index is 837. The van der Waals surface area contributed by atoms with Crippen molar-refractivity contribution in [1.29, 1.82) is 0 Å². The van der Waals surface area contributed by atoms with Crippen LogP contribution < -0.4 is 14.2 Å². The van der Waals surface area contributed by atoms with Crippen LogP contribution in [0.4, 0.5) is 4.39 Å². The van der Waals surface area contributed by atoms with E-state index in [1.54, 1.807) is 25.1 Å². The first-order valence-electron chi connectivity index (χ1n) is 7.42. The number of rotatable bonds is 7. The molecular formula is C17H19ClFNO4S. The van der Waals surface area contributed by atoms with E-state index >= 15 is 0 Å². The van der Waals surface area contributed by atoms with Crippen LogP contribution >= 0.6 is 11.6 Å². The molecule has 0 aromatic heterocycles. The first kappa shape index (κ1) is 19.5. The second kappa shape index (κ2) is 8.03. The van der Waals surface area contributed by atoms with Crippen LogP contribution in [-0.4, -0.2) is 22.6 Å². The van der Waals surface area contributed by atoms with Crippen molar-refractivity contribution in [2.45, 2.75) is 18.7 Å². The number of methoxy groups -OCH3 is 2. The average molecular weight is 388 g/mol. The second-order valence-corrected chi connectivity index (χ2v) is 7.57. The molecule has 8 heteroatoms. The molecule has 0 aliphatic rings. The van der Waals surface area contributed by atoms with Crippen LogP contribution in [0.15, 0.2) is 36.4 Å². The van der Waals surface area contributed by atoms with Gasteiger partial charge in [-0.25, -0.2) is 17.5 Å². The summed E-state index contributed by atoms with van der Waals surface area (Å²) in [4.78, 5) is 0. The van der Waals surface area contributed by atoms with Crippen molar-refractivity contribution >= 4 is 21.6 Å². The first-order valence-corrected chi connectivity index (χ1v) is 9.45. The molecule has 1 atom stereocenters. The molecule has 0 aliphatic carbocycles. The summed E-state index contributed by atoms with van der Waals surface area (Å²) in [6.45, 7) is 1.68. The Morgan fingerprint density at radius 1 is 1.16 bits per heavy atom. The van der Waals surface area contributed by atoms with Gasteiger partial charge >= 0.3 is 0 Å². The van der Waals surface area contributed by atoms with Crippen LogP contribution in [0.3, 0.4) is 0 Å². The third kappa shape index (κ3) is 4.84. The maximum atomic E-state index is 13.8. The zero-order chi connectivity index (χ0) is 18.6. The molecule has 136 valence electrons. The van der Waals surface area contributed by atoms with Crippen molar-refractivity contribution in [2.75, 3.05) is 14.2 Å². The Labute approximate surface area is 151 Å². The molecule has 1 unspecified atom stereocenters. The Morgan fingerprint density at radius 2 is 1.84 bits per heavy atom. The summed E-state index contributed by atoms with van der Waals surface area (Å²) in [6, 6.07) is 8.60. The number of halogens is 2. The van der Waals surface area contributed by atoms with Gasteiger partial charge in [-0.15, -0.1) is 0 Å². The molecule has 2 rings (SSSR count). The predicted molar refractivity (Wildman–Crippen MR) is 95.1 cm³/mol. The summed E-state index contributed by atoms with van der Waals surface area (Å²) in [5.74, 6) is -0.171. The average Bonchev–Trinajstić information content (AvgIpc) is 2.57. The molecule has 0 saturated heterocycles. The van der Waals surface area contributed by atoms with Crippen molar-refractivity contribution in [3.8, 4) is 11.5 Å². The van der Waals surface area contributed by atoms with Gasteiger partial charge in [0.05, 0.1) is 20.0 Å². The fourth-order valence-corrected chi connectivity index (χ4v) is 4.10. The summed E-state index contributed by atoms with van der Waals surface area (Å²) in [6.07, 6.45) is 0. The highest BCUT2D eigenvalue weighted by Gasteiger charge is 2.21.